The third kappa shape index (κ3) is 2.56. The van der Waals surface area contributed by atoms with Crippen molar-refractivity contribution in [2.45, 2.75) is 20.0 Å². The lowest BCUT2D eigenvalue weighted by Crippen LogP contribution is -2.33. The maximum atomic E-state index is 9.15. The summed E-state index contributed by atoms with van der Waals surface area (Å²) in [6.45, 7) is 3.59. The lowest BCUT2D eigenvalue weighted by molar-refractivity contribution is 0.0235. The van der Waals surface area contributed by atoms with Gasteiger partial charge in [-0.05, 0) is 0 Å². The first-order valence-corrected chi connectivity index (χ1v) is 3.57. The molecular formula is C6H14O2S. The van der Waals surface area contributed by atoms with Crippen molar-refractivity contribution in [3.05, 3.63) is 0 Å². The van der Waals surface area contributed by atoms with Gasteiger partial charge in [-0.3, -0.25) is 0 Å². The molecule has 0 aromatic rings. The topological polar surface area (TPSA) is 40.5 Å². The smallest absolute Gasteiger partial charge is 0.0700 e. The number of thiol groups is 1. The van der Waals surface area contributed by atoms with Gasteiger partial charge in [0.1, 0.15) is 0 Å². The van der Waals surface area contributed by atoms with E-state index in [0.29, 0.717) is 5.75 Å². The fraction of sp³-hybridized carbons (Fsp3) is 1.00. The summed E-state index contributed by atoms with van der Waals surface area (Å²) >= 11 is 3.90. The van der Waals surface area contributed by atoms with E-state index in [1.165, 1.54) is 0 Å². The molecule has 0 aliphatic carbocycles. The molecule has 0 heterocycles. The van der Waals surface area contributed by atoms with Gasteiger partial charge in [0.15, 0.2) is 0 Å². The summed E-state index contributed by atoms with van der Waals surface area (Å²) in [5, 5.41) is 17.9. The van der Waals surface area contributed by atoms with Gasteiger partial charge in [-0.15, -0.1) is 0 Å². The Kier molecular flexibility index (Phi) is 3.54. The molecule has 1 unspecified atom stereocenters. The van der Waals surface area contributed by atoms with Crippen LogP contribution in [0.2, 0.25) is 0 Å². The predicted octanol–water partition coefficient (Wildman–Crippen LogP) is 0.296. The van der Waals surface area contributed by atoms with Gasteiger partial charge < -0.3 is 10.2 Å². The SMILES string of the molecule is CC(C)(CO)C(O)CS. The second-order valence-corrected chi connectivity index (χ2v) is 3.21. The van der Waals surface area contributed by atoms with Crippen molar-refractivity contribution in [1.29, 1.82) is 0 Å². The molecule has 0 saturated carbocycles. The number of rotatable bonds is 3. The summed E-state index contributed by atoms with van der Waals surface area (Å²) in [6, 6.07) is 0. The van der Waals surface area contributed by atoms with Crippen LogP contribution in [0.3, 0.4) is 0 Å². The number of hydrogen-bond acceptors (Lipinski definition) is 3. The standard InChI is InChI=1S/C6H14O2S/c1-6(2,4-7)5(8)3-9/h5,7-9H,3-4H2,1-2H3. The summed E-state index contributed by atoms with van der Waals surface area (Å²) in [5.74, 6) is 0.396. The zero-order valence-electron chi connectivity index (χ0n) is 5.83. The monoisotopic (exact) mass is 150 g/mol. The summed E-state index contributed by atoms with van der Waals surface area (Å²) in [5.41, 5.74) is -0.415. The first-order valence-electron chi connectivity index (χ1n) is 2.94. The summed E-state index contributed by atoms with van der Waals surface area (Å²) in [6.07, 6.45) is -0.522. The van der Waals surface area contributed by atoms with Crippen LogP contribution in [0.5, 0.6) is 0 Å². The maximum Gasteiger partial charge on any atom is 0.0700 e. The highest BCUT2D eigenvalue weighted by Gasteiger charge is 2.25. The van der Waals surface area contributed by atoms with Gasteiger partial charge in [0.25, 0.3) is 0 Å². The average Bonchev–Trinajstić information content (AvgIpc) is 1.86. The molecule has 56 valence electrons. The molecule has 2 N–H and O–H groups in total. The molecule has 2 nitrogen and oxygen atoms in total. The Labute approximate surface area is 61.3 Å². The molecule has 0 amide bonds. The van der Waals surface area contributed by atoms with Crippen molar-refractivity contribution in [3.8, 4) is 0 Å². The number of aliphatic hydroxyl groups excluding tert-OH is 2. The fourth-order valence-corrected chi connectivity index (χ4v) is 0.847. The highest BCUT2D eigenvalue weighted by atomic mass is 32.1. The number of hydrogen-bond donors (Lipinski definition) is 3. The van der Waals surface area contributed by atoms with Gasteiger partial charge in [0, 0.05) is 11.2 Å². The highest BCUT2D eigenvalue weighted by molar-refractivity contribution is 7.80. The molecule has 0 spiro atoms. The van der Waals surface area contributed by atoms with E-state index in [0.717, 1.165) is 0 Å². The van der Waals surface area contributed by atoms with Crippen LogP contribution in [0, 0.1) is 5.41 Å². The Balaban J connectivity index is 3.80. The largest absolute Gasteiger partial charge is 0.396 e. The van der Waals surface area contributed by atoms with Gasteiger partial charge in [-0.2, -0.15) is 12.6 Å². The van der Waals surface area contributed by atoms with Gasteiger partial charge in [-0.25, -0.2) is 0 Å². The van der Waals surface area contributed by atoms with Crippen LogP contribution in [0.25, 0.3) is 0 Å². The van der Waals surface area contributed by atoms with E-state index in [1.807, 2.05) is 0 Å². The Bertz CT molecular complexity index is 83.1. The van der Waals surface area contributed by atoms with Gasteiger partial charge in [-0.1, -0.05) is 13.8 Å². The van der Waals surface area contributed by atoms with Crippen molar-refractivity contribution in [2.75, 3.05) is 12.4 Å². The molecular weight excluding hydrogens is 136 g/mol. The zero-order valence-corrected chi connectivity index (χ0v) is 6.73. The third-order valence-electron chi connectivity index (χ3n) is 1.48. The first-order chi connectivity index (χ1) is 4.04. The zero-order chi connectivity index (χ0) is 7.49. The summed E-state index contributed by atoms with van der Waals surface area (Å²) in [4.78, 5) is 0. The minimum Gasteiger partial charge on any atom is -0.396 e. The second-order valence-electron chi connectivity index (χ2n) is 2.85. The first kappa shape index (κ1) is 9.27. The van der Waals surface area contributed by atoms with Crippen LogP contribution in [0.1, 0.15) is 13.8 Å². The molecule has 1 atom stereocenters. The van der Waals surface area contributed by atoms with E-state index >= 15 is 0 Å². The van der Waals surface area contributed by atoms with Crippen molar-refractivity contribution in [3.63, 3.8) is 0 Å². The molecule has 0 fully saturated rings. The molecule has 0 radical (unpaired) electrons. The van der Waals surface area contributed by atoms with Gasteiger partial charge in [0.05, 0.1) is 12.7 Å². The molecule has 0 aliphatic rings. The minimum atomic E-state index is -0.522. The molecule has 0 bridgehead atoms. The minimum absolute atomic E-state index is 0.00523. The average molecular weight is 150 g/mol. The van der Waals surface area contributed by atoms with Crippen LogP contribution in [0.15, 0.2) is 0 Å². The van der Waals surface area contributed by atoms with Gasteiger partial charge >= 0.3 is 0 Å². The highest BCUT2D eigenvalue weighted by Crippen LogP contribution is 2.19. The van der Waals surface area contributed by atoms with Crippen molar-refractivity contribution >= 4 is 12.6 Å². The lowest BCUT2D eigenvalue weighted by atomic mass is 9.89. The Morgan fingerprint density at radius 2 is 2.00 bits per heavy atom. The van der Waals surface area contributed by atoms with E-state index in [9.17, 15) is 0 Å². The van der Waals surface area contributed by atoms with E-state index in [-0.39, 0.29) is 6.61 Å². The summed E-state index contributed by atoms with van der Waals surface area (Å²) < 4.78 is 0. The van der Waals surface area contributed by atoms with E-state index in [4.69, 9.17) is 10.2 Å². The summed E-state index contributed by atoms with van der Waals surface area (Å²) in [7, 11) is 0. The molecule has 0 aromatic carbocycles. The molecule has 0 aliphatic heterocycles. The van der Waals surface area contributed by atoms with E-state index in [1.54, 1.807) is 13.8 Å². The molecule has 9 heavy (non-hydrogen) atoms. The van der Waals surface area contributed by atoms with Crippen LogP contribution in [-0.4, -0.2) is 28.7 Å². The number of aliphatic hydroxyl groups is 2. The van der Waals surface area contributed by atoms with Crippen LogP contribution < -0.4 is 0 Å². The van der Waals surface area contributed by atoms with Crippen molar-refractivity contribution < 1.29 is 10.2 Å². The van der Waals surface area contributed by atoms with Crippen LogP contribution in [-0.2, 0) is 0 Å². The molecule has 0 saturated heterocycles. The molecule has 3 heteroatoms. The predicted molar refractivity (Wildman–Crippen MR) is 40.7 cm³/mol. The molecule has 0 aromatic heterocycles. The maximum absolute atomic E-state index is 9.15. The normalized spacial score (nSPS) is 15.7. The van der Waals surface area contributed by atoms with Gasteiger partial charge in [0.2, 0.25) is 0 Å². The van der Waals surface area contributed by atoms with Crippen molar-refractivity contribution in [1.82, 2.24) is 0 Å². The Hall–Kier alpha value is 0.270. The van der Waals surface area contributed by atoms with E-state index in [2.05, 4.69) is 12.6 Å². The van der Waals surface area contributed by atoms with Crippen molar-refractivity contribution in [2.24, 2.45) is 5.41 Å². The molecule has 0 rings (SSSR count). The quantitative estimate of drug-likeness (QED) is 0.506. The lowest BCUT2D eigenvalue weighted by Gasteiger charge is -2.26. The second kappa shape index (κ2) is 3.44. The fourth-order valence-electron chi connectivity index (χ4n) is 0.352. The third-order valence-corrected chi connectivity index (χ3v) is 1.83. The van der Waals surface area contributed by atoms with E-state index < -0.39 is 11.5 Å². The van der Waals surface area contributed by atoms with Crippen LogP contribution in [0.4, 0.5) is 0 Å². The Morgan fingerprint density at radius 1 is 1.56 bits per heavy atom. The van der Waals surface area contributed by atoms with Crippen LogP contribution >= 0.6 is 12.6 Å². The Morgan fingerprint density at radius 3 is 2.11 bits per heavy atom.